The summed E-state index contributed by atoms with van der Waals surface area (Å²) in [4.78, 5) is 0. The summed E-state index contributed by atoms with van der Waals surface area (Å²) in [6.07, 6.45) is 1.29. The van der Waals surface area contributed by atoms with E-state index in [1.807, 2.05) is 6.07 Å². The molecule has 2 rings (SSSR count). The van der Waals surface area contributed by atoms with E-state index in [1.165, 1.54) is 12.0 Å². The minimum absolute atomic E-state index is 0.405. The van der Waals surface area contributed by atoms with Gasteiger partial charge in [-0.1, -0.05) is 51.1 Å². The van der Waals surface area contributed by atoms with Gasteiger partial charge in [0.15, 0.2) is 0 Å². The van der Waals surface area contributed by atoms with E-state index in [1.54, 1.807) is 0 Å². The van der Waals surface area contributed by atoms with Gasteiger partial charge in [-0.25, -0.2) is 0 Å². The zero-order valence-electron chi connectivity index (χ0n) is 9.92. The van der Waals surface area contributed by atoms with E-state index in [0.29, 0.717) is 10.8 Å². The Hall–Kier alpha value is -0.820. The molecule has 0 aromatic heterocycles. The van der Waals surface area contributed by atoms with Crippen molar-refractivity contribution in [3.8, 4) is 0 Å². The molecular weight excluding hydrogens is 184 g/mol. The minimum atomic E-state index is 0.405. The van der Waals surface area contributed by atoms with Crippen molar-refractivity contribution < 1.29 is 4.74 Å². The normalized spacial score (nSPS) is 27.7. The van der Waals surface area contributed by atoms with Crippen LogP contribution >= 0.6 is 0 Å². The minimum Gasteiger partial charge on any atom is -0.376 e. The average Bonchev–Trinajstić information content (AvgIpc) is 2.67. The first-order valence-corrected chi connectivity index (χ1v) is 5.65. The fourth-order valence-electron chi connectivity index (χ4n) is 2.15. The largest absolute Gasteiger partial charge is 0.376 e. The Balaban J connectivity index is 1.77. The second kappa shape index (κ2) is 3.64. The fraction of sp³-hybridized carbons (Fsp3) is 0.571. The van der Waals surface area contributed by atoms with Crippen LogP contribution in [0.3, 0.4) is 0 Å². The van der Waals surface area contributed by atoms with Gasteiger partial charge in [0.25, 0.3) is 0 Å². The summed E-state index contributed by atoms with van der Waals surface area (Å²) in [5.41, 5.74) is 2.14. The highest BCUT2D eigenvalue weighted by Crippen LogP contribution is 2.63. The Kier molecular flexibility index (Phi) is 2.59. The first-order chi connectivity index (χ1) is 7.04. The van der Waals surface area contributed by atoms with Crippen LogP contribution in [0.1, 0.15) is 32.8 Å². The third-order valence-electron chi connectivity index (χ3n) is 3.87. The van der Waals surface area contributed by atoms with E-state index in [9.17, 15) is 0 Å². The van der Waals surface area contributed by atoms with Crippen LogP contribution in [0, 0.1) is 10.8 Å². The van der Waals surface area contributed by atoms with Crippen molar-refractivity contribution in [2.75, 3.05) is 6.61 Å². The summed E-state index contributed by atoms with van der Waals surface area (Å²) in [5, 5.41) is 0. The molecule has 1 atom stereocenters. The Morgan fingerprint density at radius 2 is 1.73 bits per heavy atom. The molecule has 0 heterocycles. The molecule has 0 radical (unpaired) electrons. The van der Waals surface area contributed by atoms with E-state index >= 15 is 0 Å². The summed E-state index contributed by atoms with van der Waals surface area (Å²) in [6.45, 7) is 8.58. The van der Waals surface area contributed by atoms with E-state index in [2.05, 4.69) is 45.0 Å². The molecule has 0 saturated heterocycles. The number of hydrogen-bond acceptors (Lipinski definition) is 1. The molecule has 1 aliphatic carbocycles. The van der Waals surface area contributed by atoms with Gasteiger partial charge < -0.3 is 4.74 Å². The van der Waals surface area contributed by atoms with E-state index in [0.717, 1.165) is 13.2 Å². The van der Waals surface area contributed by atoms with Gasteiger partial charge in [-0.15, -0.1) is 0 Å². The molecule has 0 spiro atoms. The standard InChI is InChI=1S/C14H20O/c1-13(2)10-14(13,3)11-15-9-12-7-5-4-6-8-12/h4-8H,9-11H2,1-3H3. The summed E-state index contributed by atoms with van der Waals surface area (Å²) in [5.74, 6) is 0. The molecule has 1 fully saturated rings. The highest BCUT2D eigenvalue weighted by molar-refractivity contribution is 5.13. The molecule has 0 N–H and O–H groups in total. The second-order valence-corrected chi connectivity index (χ2v) is 5.60. The zero-order valence-corrected chi connectivity index (χ0v) is 9.92. The maximum Gasteiger partial charge on any atom is 0.0717 e. The third kappa shape index (κ3) is 2.23. The molecule has 1 aromatic carbocycles. The molecule has 0 aliphatic heterocycles. The van der Waals surface area contributed by atoms with Crippen molar-refractivity contribution in [2.45, 2.75) is 33.8 Å². The average molecular weight is 204 g/mol. The molecule has 15 heavy (non-hydrogen) atoms. The van der Waals surface area contributed by atoms with Gasteiger partial charge in [0.05, 0.1) is 13.2 Å². The number of rotatable bonds is 4. The predicted molar refractivity (Wildman–Crippen MR) is 62.6 cm³/mol. The molecule has 1 saturated carbocycles. The van der Waals surface area contributed by atoms with E-state index < -0.39 is 0 Å². The number of benzene rings is 1. The van der Waals surface area contributed by atoms with Crippen LogP contribution in [-0.4, -0.2) is 6.61 Å². The van der Waals surface area contributed by atoms with Gasteiger partial charge in [0, 0.05) is 0 Å². The van der Waals surface area contributed by atoms with Gasteiger partial charge in [-0.05, 0) is 22.8 Å². The smallest absolute Gasteiger partial charge is 0.0717 e. The zero-order chi connectivity index (χ0) is 10.9. The second-order valence-electron chi connectivity index (χ2n) is 5.60. The maximum atomic E-state index is 5.78. The Morgan fingerprint density at radius 3 is 2.27 bits per heavy atom. The summed E-state index contributed by atoms with van der Waals surface area (Å²) in [6, 6.07) is 10.4. The molecule has 1 aliphatic rings. The Bertz CT molecular complexity index is 328. The number of ether oxygens (including phenoxy) is 1. The Morgan fingerprint density at radius 1 is 1.13 bits per heavy atom. The molecule has 82 valence electrons. The molecule has 1 nitrogen and oxygen atoms in total. The summed E-state index contributed by atoms with van der Waals surface area (Å²) >= 11 is 0. The van der Waals surface area contributed by atoms with Crippen LogP contribution in [0.5, 0.6) is 0 Å². The van der Waals surface area contributed by atoms with Crippen molar-refractivity contribution in [3.05, 3.63) is 35.9 Å². The molecule has 1 unspecified atom stereocenters. The van der Waals surface area contributed by atoms with Crippen LogP contribution in [0.2, 0.25) is 0 Å². The van der Waals surface area contributed by atoms with E-state index in [-0.39, 0.29) is 0 Å². The lowest BCUT2D eigenvalue weighted by molar-refractivity contribution is 0.0715. The lowest BCUT2D eigenvalue weighted by Crippen LogP contribution is -2.12. The summed E-state index contributed by atoms with van der Waals surface area (Å²) in [7, 11) is 0. The molecule has 0 bridgehead atoms. The molecule has 1 aromatic rings. The lowest BCUT2D eigenvalue weighted by Gasteiger charge is -2.14. The van der Waals surface area contributed by atoms with Gasteiger partial charge in [0.1, 0.15) is 0 Å². The van der Waals surface area contributed by atoms with Crippen molar-refractivity contribution >= 4 is 0 Å². The topological polar surface area (TPSA) is 9.23 Å². The van der Waals surface area contributed by atoms with Crippen molar-refractivity contribution in [1.29, 1.82) is 0 Å². The van der Waals surface area contributed by atoms with Crippen LogP contribution < -0.4 is 0 Å². The molecule has 1 heteroatoms. The number of hydrogen-bond donors (Lipinski definition) is 0. The first-order valence-electron chi connectivity index (χ1n) is 5.65. The maximum absolute atomic E-state index is 5.78. The monoisotopic (exact) mass is 204 g/mol. The van der Waals surface area contributed by atoms with Gasteiger partial charge in [-0.3, -0.25) is 0 Å². The summed E-state index contributed by atoms with van der Waals surface area (Å²) < 4.78 is 5.78. The predicted octanol–water partition coefficient (Wildman–Crippen LogP) is 3.64. The van der Waals surface area contributed by atoms with Crippen molar-refractivity contribution in [2.24, 2.45) is 10.8 Å². The molecular formula is C14H20O. The van der Waals surface area contributed by atoms with Crippen LogP contribution in [0.15, 0.2) is 30.3 Å². The van der Waals surface area contributed by atoms with Crippen LogP contribution in [0.4, 0.5) is 0 Å². The molecule has 0 amide bonds. The van der Waals surface area contributed by atoms with Crippen LogP contribution in [-0.2, 0) is 11.3 Å². The Labute approximate surface area is 92.5 Å². The quantitative estimate of drug-likeness (QED) is 0.727. The first kappa shape index (κ1) is 10.7. The van der Waals surface area contributed by atoms with E-state index in [4.69, 9.17) is 4.74 Å². The van der Waals surface area contributed by atoms with Gasteiger partial charge in [0.2, 0.25) is 0 Å². The third-order valence-corrected chi connectivity index (χ3v) is 3.87. The van der Waals surface area contributed by atoms with Crippen LogP contribution in [0.25, 0.3) is 0 Å². The fourth-order valence-corrected chi connectivity index (χ4v) is 2.15. The van der Waals surface area contributed by atoms with Gasteiger partial charge >= 0.3 is 0 Å². The van der Waals surface area contributed by atoms with Gasteiger partial charge in [-0.2, -0.15) is 0 Å². The highest BCUT2D eigenvalue weighted by Gasteiger charge is 2.57. The lowest BCUT2D eigenvalue weighted by atomic mass is 9.99. The highest BCUT2D eigenvalue weighted by atomic mass is 16.5. The van der Waals surface area contributed by atoms with Crippen molar-refractivity contribution in [3.63, 3.8) is 0 Å². The van der Waals surface area contributed by atoms with Crippen molar-refractivity contribution in [1.82, 2.24) is 0 Å². The SMILES string of the molecule is CC1(C)CC1(C)COCc1ccccc1.